The minimum absolute atomic E-state index is 0.136. The molecule has 0 aliphatic heterocycles. The van der Waals surface area contributed by atoms with E-state index in [0.29, 0.717) is 10.8 Å². The Morgan fingerprint density at radius 3 is 1.97 bits per heavy atom. The van der Waals surface area contributed by atoms with Crippen LogP contribution in [0.15, 0.2) is 34.5 Å². The summed E-state index contributed by atoms with van der Waals surface area (Å²) in [6.07, 6.45) is 0. The molecule has 2 aromatic rings. The second-order valence-electron chi connectivity index (χ2n) is 6.07. The zero-order valence-corrected chi connectivity index (χ0v) is 19.0. The Labute approximate surface area is 189 Å². The minimum atomic E-state index is -1.46. The number of halogens is 2. The van der Waals surface area contributed by atoms with Crippen LogP contribution < -0.4 is 24.3 Å². The molecule has 1 unspecified atom stereocenters. The second kappa shape index (κ2) is 10.8. The molecule has 11 heteroatoms. The van der Waals surface area contributed by atoms with Crippen molar-refractivity contribution in [3.8, 4) is 23.0 Å². The summed E-state index contributed by atoms with van der Waals surface area (Å²) >= 11 is 12.3. The summed E-state index contributed by atoms with van der Waals surface area (Å²) in [6.45, 7) is 1.22. The molecule has 9 nitrogen and oxygen atoms in total. The zero-order valence-electron chi connectivity index (χ0n) is 17.5. The Bertz CT molecular complexity index is 988. The topological polar surface area (TPSA) is 108 Å². The van der Waals surface area contributed by atoms with Gasteiger partial charge in [-0.2, -0.15) is 5.11 Å². The Kier molecular flexibility index (Phi) is 8.47. The number of amides is 1. The predicted octanol–water partition coefficient (Wildman–Crippen LogP) is 4.71. The van der Waals surface area contributed by atoms with Crippen LogP contribution in [0.25, 0.3) is 0 Å². The van der Waals surface area contributed by atoms with E-state index in [1.165, 1.54) is 53.6 Å². The first-order valence-electron chi connectivity index (χ1n) is 8.80. The summed E-state index contributed by atoms with van der Waals surface area (Å²) in [4.78, 5) is 24.9. The van der Waals surface area contributed by atoms with Gasteiger partial charge in [0.05, 0.1) is 34.1 Å². The van der Waals surface area contributed by atoms with Gasteiger partial charge in [0.15, 0.2) is 23.0 Å². The summed E-state index contributed by atoms with van der Waals surface area (Å²) in [5, 5.41) is 11.0. The third-order valence-corrected chi connectivity index (χ3v) is 4.69. The molecule has 0 aliphatic rings. The maximum atomic E-state index is 12.8. The highest BCUT2D eigenvalue weighted by atomic mass is 35.5. The Hall–Kier alpha value is -3.04. The summed E-state index contributed by atoms with van der Waals surface area (Å²) in [5.74, 6) is -0.0894. The molecule has 2 aromatic carbocycles. The lowest BCUT2D eigenvalue weighted by atomic mass is 10.2. The van der Waals surface area contributed by atoms with Crippen LogP contribution in [-0.2, 0) is 9.59 Å². The van der Waals surface area contributed by atoms with Crippen LogP contribution in [0.1, 0.15) is 6.92 Å². The van der Waals surface area contributed by atoms with E-state index in [-0.39, 0.29) is 33.6 Å². The van der Waals surface area contributed by atoms with Gasteiger partial charge in [0.25, 0.3) is 5.91 Å². The van der Waals surface area contributed by atoms with Crippen LogP contribution in [0.5, 0.6) is 23.0 Å². The van der Waals surface area contributed by atoms with E-state index in [0.717, 1.165) is 0 Å². The molecular formula is C20H21Cl2N3O6. The second-order valence-corrected chi connectivity index (χ2v) is 6.88. The highest BCUT2D eigenvalue weighted by molar-refractivity contribution is 6.35. The highest BCUT2D eigenvalue weighted by Gasteiger charge is 2.25. The van der Waals surface area contributed by atoms with Crippen molar-refractivity contribution < 1.29 is 28.5 Å². The number of carbonyl (C=O) groups is 2. The van der Waals surface area contributed by atoms with Crippen LogP contribution in [-0.4, -0.2) is 46.2 Å². The first-order valence-corrected chi connectivity index (χ1v) is 9.56. The first kappa shape index (κ1) is 24.2. The number of carbonyl (C=O) groups excluding carboxylic acids is 2. The van der Waals surface area contributed by atoms with E-state index in [1.807, 2.05) is 0 Å². The Morgan fingerprint density at radius 2 is 1.48 bits per heavy atom. The van der Waals surface area contributed by atoms with Crippen LogP contribution in [0, 0.1) is 0 Å². The van der Waals surface area contributed by atoms with Gasteiger partial charge in [0.1, 0.15) is 16.5 Å². The largest absolute Gasteiger partial charge is 0.497 e. The number of benzene rings is 2. The lowest BCUT2D eigenvalue weighted by molar-refractivity contribution is -0.126. The van der Waals surface area contributed by atoms with Crippen molar-refractivity contribution in [1.29, 1.82) is 0 Å². The van der Waals surface area contributed by atoms with E-state index < -0.39 is 17.7 Å². The maximum Gasteiger partial charge on any atom is 0.258 e. The number of ketones is 1. The SMILES string of the molecule is COc1cc(NC(=O)C(N=Nc2c(OC)cc(Cl)cc2OC)C(C)=O)c(Cl)c(OC)c1. The van der Waals surface area contributed by atoms with Crippen LogP contribution in [0.2, 0.25) is 10.0 Å². The van der Waals surface area contributed by atoms with Crippen LogP contribution in [0.3, 0.4) is 0 Å². The number of anilines is 1. The van der Waals surface area contributed by atoms with Crippen molar-refractivity contribution >= 4 is 46.3 Å². The Morgan fingerprint density at radius 1 is 0.903 bits per heavy atom. The fourth-order valence-corrected chi connectivity index (χ4v) is 2.96. The third kappa shape index (κ3) is 5.77. The smallest absolute Gasteiger partial charge is 0.258 e. The Balaban J connectivity index is 2.38. The molecule has 0 aliphatic carbocycles. The first-order chi connectivity index (χ1) is 14.7. The quantitative estimate of drug-likeness (QED) is 0.420. The van der Waals surface area contributed by atoms with E-state index in [4.69, 9.17) is 42.1 Å². The normalized spacial score (nSPS) is 11.7. The van der Waals surface area contributed by atoms with Crippen molar-refractivity contribution in [1.82, 2.24) is 0 Å². The molecule has 0 spiro atoms. The number of azo groups is 1. The summed E-state index contributed by atoms with van der Waals surface area (Å²) in [7, 11) is 5.70. The van der Waals surface area contributed by atoms with Crippen LogP contribution in [0.4, 0.5) is 11.4 Å². The van der Waals surface area contributed by atoms with E-state index >= 15 is 0 Å². The fourth-order valence-electron chi connectivity index (χ4n) is 2.52. The molecule has 1 N–H and O–H groups in total. The third-order valence-electron chi connectivity index (χ3n) is 4.08. The van der Waals surface area contributed by atoms with Crippen molar-refractivity contribution in [2.45, 2.75) is 13.0 Å². The lowest BCUT2D eigenvalue weighted by Gasteiger charge is -2.14. The molecule has 0 saturated heterocycles. The number of rotatable bonds is 9. The molecule has 2 rings (SSSR count). The lowest BCUT2D eigenvalue weighted by Crippen LogP contribution is -2.32. The zero-order chi connectivity index (χ0) is 23.1. The minimum Gasteiger partial charge on any atom is -0.497 e. The van der Waals surface area contributed by atoms with Gasteiger partial charge in [-0.3, -0.25) is 9.59 Å². The van der Waals surface area contributed by atoms with Gasteiger partial charge in [-0.1, -0.05) is 23.2 Å². The fraction of sp³-hybridized carbons (Fsp3) is 0.300. The summed E-state index contributed by atoms with van der Waals surface area (Å²) in [6, 6.07) is 4.59. The predicted molar refractivity (Wildman–Crippen MR) is 117 cm³/mol. The van der Waals surface area contributed by atoms with E-state index in [2.05, 4.69) is 15.5 Å². The number of nitrogens with zero attached hydrogens (tertiary/aromatic N) is 2. The molecule has 0 fully saturated rings. The standard InChI is InChI=1S/C20H21Cl2N3O6/c1-10(26)18(24-25-19-15(30-4)6-11(21)7-16(19)31-5)20(27)23-13-8-12(28-2)9-14(29-3)17(13)22/h6-9,18H,1-5H3,(H,23,27). The number of hydrogen-bond donors (Lipinski definition) is 1. The van der Waals surface area contributed by atoms with Crippen molar-refractivity contribution in [3.63, 3.8) is 0 Å². The average molecular weight is 470 g/mol. The number of hydrogen-bond acceptors (Lipinski definition) is 8. The van der Waals surface area contributed by atoms with Crippen LogP contribution >= 0.6 is 23.2 Å². The molecule has 1 atom stereocenters. The summed E-state index contributed by atoms with van der Waals surface area (Å²) in [5.41, 5.74) is 0.362. The van der Waals surface area contributed by atoms with Crippen molar-refractivity contribution in [3.05, 3.63) is 34.3 Å². The number of nitrogens with one attached hydrogen (secondary N) is 1. The average Bonchev–Trinajstić information content (AvgIpc) is 2.75. The maximum absolute atomic E-state index is 12.8. The van der Waals surface area contributed by atoms with Crippen molar-refractivity contribution in [2.24, 2.45) is 10.2 Å². The monoisotopic (exact) mass is 469 g/mol. The van der Waals surface area contributed by atoms with E-state index in [9.17, 15) is 9.59 Å². The molecule has 0 saturated carbocycles. The molecule has 1 amide bonds. The summed E-state index contributed by atoms with van der Waals surface area (Å²) < 4.78 is 20.8. The van der Waals surface area contributed by atoms with Gasteiger partial charge in [0, 0.05) is 29.3 Å². The van der Waals surface area contributed by atoms with Gasteiger partial charge < -0.3 is 24.3 Å². The molecule has 0 bridgehead atoms. The molecule has 31 heavy (non-hydrogen) atoms. The number of Topliss-reactive ketones (excluding diaryl/α,β-unsaturated/α-hetero) is 1. The molecule has 0 aromatic heterocycles. The molecular weight excluding hydrogens is 449 g/mol. The van der Waals surface area contributed by atoms with Gasteiger partial charge in [-0.25, -0.2) is 0 Å². The van der Waals surface area contributed by atoms with Gasteiger partial charge in [0.2, 0.25) is 6.04 Å². The van der Waals surface area contributed by atoms with Crippen molar-refractivity contribution in [2.75, 3.05) is 33.8 Å². The highest BCUT2D eigenvalue weighted by Crippen LogP contribution is 2.40. The molecule has 0 radical (unpaired) electrons. The van der Waals surface area contributed by atoms with Gasteiger partial charge in [-0.05, 0) is 6.92 Å². The molecule has 0 heterocycles. The number of ether oxygens (including phenoxy) is 4. The molecule has 166 valence electrons. The van der Waals surface area contributed by atoms with Gasteiger partial charge in [-0.15, -0.1) is 5.11 Å². The van der Waals surface area contributed by atoms with Gasteiger partial charge >= 0.3 is 0 Å². The van der Waals surface area contributed by atoms with E-state index in [1.54, 1.807) is 6.07 Å². The number of methoxy groups -OCH3 is 4.